The molecule has 3 aromatic rings. The second kappa shape index (κ2) is 3.96. The maximum Gasteiger partial charge on any atom is 0.138 e. The first-order valence-electron chi connectivity index (χ1n) is 6.61. The number of anilines is 1. The highest BCUT2D eigenvalue weighted by Gasteiger charge is 2.23. The largest absolute Gasteiger partial charge is 0.391 e. The third-order valence-corrected chi connectivity index (χ3v) is 3.86. The molecule has 1 fully saturated rings. The van der Waals surface area contributed by atoms with Crippen molar-refractivity contribution in [3.05, 3.63) is 36.5 Å². The highest BCUT2D eigenvalue weighted by molar-refractivity contribution is 6.12. The van der Waals surface area contributed by atoms with Crippen LogP contribution in [0.2, 0.25) is 0 Å². The van der Waals surface area contributed by atoms with Crippen molar-refractivity contribution in [1.29, 1.82) is 0 Å². The van der Waals surface area contributed by atoms with Crippen molar-refractivity contribution in [1.82, 2.24) is 9.97 Å². The molecule has 2 aromatic heterocycles. The van der Waals surface area contributed by atoms with Gasteiger partial charge in [-0.3, -0.25) is 0 Å². The number of rotatable bonds is 1. The fraction of sp³-hybridized carbons (Fsp3) is 0.267. The predicted octanol–water partition coefficient (Wildman–Crippen LogP) is 2.29. The standard InChI is InChI=1S/C15H15N3O/c19-10-6-8-18(9-10)15-14-11-3-1-2-4-12(11)17-13(14)5-7-16-15/h1-5,7,10,17,19H,6,8-9H2. The lowest BCUT2D eigenvalue weighted by atomic mass is 10.2. The zero-order valence-electron chi connectivity index (χ0n) is 10.5. The zero-order chi connectivity index (χ0) is 12.8. The molecule has 96 valence electrons. The molecule has 1 aliphatic heterocycles. The van der Waals surface area contributed by atoms with Gasteiger partial charge in [-0.25, -0.2) is 4.98 Å². The molecule has 0 spiro atoms. The Kier molecular flexibility index (Phi) is 2.26. The molecule has 1 unspecified atom stereocenters. The number of fused-ring (bicyclic) bond motifs is 3. The normalized spacial score (nSPS) is 19.6. The van der Waals surface area contributed by atoms with Crippen LogP contribution in [0.5, 0.6) is 0 Å². The number of nitrogens with zero attached hydrogens (tertiary/aromatic N) is 2. The van der Waals surface area contributed by atoms with E-state index < -0.39 is 0 Å². The molecular weight excluding hydrogens is 238 g/mol. The minimum Gasteiger partial charge on any atom is -0.391 e. The number of para-hydroxylation sites is 1. The van der Waals surface area contributed by atoms with Gasteiger partial charge in [0.25, 0.3) is 0 Å². The molecule has 0 aliphatic carbocycles. The molecule has 0 saturated carbocycles. The molecule has 19 heavy (non-hydrogen) atoms. The van der Waals surface area contributed by atoms with Crippen molar-refractivity contribution in [2.75, 3.05) is 18.0 Å². The summed E-state index contributed by atoms with van der Waals surface area (Å²) in [5.41, 5.74) is 2.24. The molecule has 1 aromatic carbocycles. The van der Waals surface area contributed by atoms with Gasteiger partial charge in [0, 0.05) is 35.6 Å². The van der Waals surface area contributed by atoms with Crippen LogP contribution in [-0.4, -0.2) is 34.3 Å². The SMILES string of the molecule is OC1CCN(c2nccc3[nH]c4ccccc4c23)C1. The van der Waals surface area contributed by atoms with Crippen molar-refractivity contribution >= 4 is 27.6 Å². The summed E-state index contributed by atoms with van der Waals surface area (Å²) in [6, 6.07) is 10.3. The summed E-state index contributed by atoms with van der Waals surface area (Å²) in [5, 5.41) is 12.1. The van der Waals surface area contributed by atoms with E-state index in [0.29, 0.717) is 6.54 Å². The quantitative estimate of drug-likeness (QED) is 0.699. The van der Waals surface area contributed by atoms with Gasteiger partial charge in [-0.2, -0.15) is 0 Å². The topological polar surface area (TPSA) is 52.1 Å². The molecule has 4 rings (SSSR count). The maximum atomic E-state index is 9.72. The van der Waals surface area contributed by atoms with Gasteiger partial charge in [0.15, 0.2) is 0 Å². The maximum absolute atomic E-state index is 9.72. The zero-order valence-corrected chi connectivity index (χ0v) is 10.5. The molecule has 0 amide bonds. The molecule has 2 N–H and O–H groups in total. The Bertz CT molecular complexity index is 749. The van der Waals surface area contributed by atoms with E-state index in [0.717, 1.165) is 35.2 Å². The lowest BCUT2D eigenvalue weighted by molar-refractivity contribution is 0.198. The second-order valence-electron chi connectivity index (χ2n) is 5.12. The Labute approximate surface area is 110 Å². The lowest BCUT2D eigenvalue weighted by Crippen LogP contribution is -2.22. The molecule has 4 nitrogen and oxygen atoms in total. The predicted molar refractivity (Wildman–Crippen MR) is 76.4 cm³/mol. The smallest absolute Gasteiger partial charge is 0.138 e. The number of H-pyrrole nitrogens is 1. The van der Waals surface area contributed by atoms with E-state index in [4.69, 9.17) is 0 Å². The third kappa shape index (κ3) is 1.60. The summed E-state index contributed by atoms with van der Waals surface area (Å²) < 4.78 is 0. The van der Waals surface area contributed by atoms with Crippen molar-refractivity contribution in [3.63, 3.8) is 0 Å². The Morgan fingerprint density at radius 1 is 1.21 bits per heavy atom. The highest BCUT2D eigenvalue weighted by atomic mass is 16.3. The van der Waals surface area contributed by atoms with Gasteiger partial charge in [-0.05, 0) is 18.6 Å². The van der Waals surface area contributed by atoms with E-state index >= 15 is 0 Å². The molecule has 0 radical (unpaired) electrons. The Morgan fingerprint density at radius 2 is 2.11 bits per heavy atom. The molecular formula is C15H15N3O. The number of β-amino-alcohol motifs (C(OH)–C–C–N with tert-alkyl or cyclic N) is 1. The van der Waals surface area contributed by atoms with Gasteiger partial charge in [0.2, 0.25) is 0 Å². The Morgan fingerprint density at radius 3 is 2.95 bits per heavy atom. The van der Waals surface area contributed by atoms with E-state index in [1.54, 1.807) is 0 Å². The monoisotopic (exact) mass is 253 g/mol. The fourth-order valence-corrected chi connectivity index (χ4v) is 2.95. The number of hydrogen-bond donors (Lipinski definition) is 2. The van der Waals surface area contributed by atoms with Crippen LogP contribution >= 0.6 is 0 Å². The third-order valence-electron chi connectivity index (χ3n) is 3.86. The van der Waals surface area contributed by atoms with Crippen LogP contribution < -0.4 is 4.90 Å². The van der Waals surface area contributed by atoms with Gasteiger partial charge in [-0.1, -0.05) is 18.2 Å². The van der Waals surface area contributed by atoms with Gasteiger partial charge in [0.05, 0.1) is 11.6 Å². The van der Waals surface area contributed by atoms with E-state index in [-0.39, 0.29) is 6.10 Å². The van der Waals surface area contributed by atoms with E-state index in [1.807, 2.05) is 24.4 Å². The summed E-state index contributed by atoms with van der Waals surface area (Å²) in [5.74, 6) is 0.978. The summed E-state index contributed by atoms with van der Waals surface area (Å²) in [6.07, 6.45) is 2.42. The molecule has 3 heterocycles. The van der Waals surface area contributed by atoms with Crippen LogP contribution in [0.1, 0.15) is 6.42 Å². The number of pyridine rings is 1. The lowest BCUT2D eigenvalue weighted by Gasteiger charge is -2.17. The number of aromatic nitrogens is 2. The summed E-state index contributed by atoms with van der Waals surface area (Å²) in [4.78, 5) is 10.1. The first-order chi connectivity index (χ1) is 9.33. The Balaban J connectivity index is 1.99. The summed E-state index contributed by atoms with van der Waals surface area (Å²) in [6.45, 7) is 1.54. The van der Waals surface area contributed by atoms with E-state index in [9.17, 15) is 5.11 Å². The first kappa shape index (κ1) is 10.8. The number of aliphatic hydroxyl groups excluding tert-OH is 1. The first-order valence-corrected chi connectivity index (χ1v) is 6.61. The fourth-order valence-electron chi connectivity index (χ4n) is 2.95. The Hall–Kier alpha value is -2.07. The van der Waals surface area contributed by atoms with Gasteiger partial charge in [0.1, 0.15) is 5.82 Å². The van der Waals surface area contributed by atoms with Crippen LogP contribution in [0.15, 0.2) is 36.5 Å². The van der Waals surface area contributed by atoms with E-state index in [1.165, 1.54) is 5.39 Å². The van der Waals surface area contributed by atoms with Crippen LogP contribution in [0, 0.1) is 0 Å². The molecule has 1 saturated heterocycles. The van der Waals surface area contributed by atoms with Crippen LogP contribution in [0.4, 0.5) is 5.82 Å². The van der Waals surface area contributed by atoms with Gasteiger partial charge in [-0.15, -0.1) is 0 Å². The van der Waals surface area contributed by atoms with Gasteiger partial charge >= 0.3 is 0 Å². The van der Waals surface area contributed by atoms with Crippen molar-refractivity contribution in [2.45, 2.75) is 12.5 Å². The molecule has 4 heteroatoms. The average Bonchev–Trinajstić information content (AvgIpc) is 3.01. The number of aliphatic hydroxyl groups is 1. The second-order valence-corrected chi connectivity index (χ2v) is 5.12. The minimum absolute atomic E-state index is 0.234. The van der Waals surface area contributed by atoms with Crippen LogP contribution in [0.25, 0.3) is 21.8 Å². The van der Waals surface area contributed by atoms with E-state index in [2.05, 4.69) is 27.0 Å². The average molecular weight is 253 g/mol. The molecule has 0 bridgehead atoms. The number of hydrogen-bond acceptors (Lipinski definition) is 3. The van der Waals surface area contributed by atoms with Crippen LogP contribution in [0.3, 0.4) is 0 Å². The van der Waals surface area contributed by atoms with Crippen LogP contribution in [-0.2, 0) is 0 Å². The van der Waals surface area contributed by atoms with Crippen molar-refractivity contribution < 1.29 is 5.11 Å². The minimum atomic E-state index is -0.234. The number of aromatic amines is 1. The number of nitrogens with one attached hydrogen (secondary N) is 1. The summed E-state index contributed by atoms with van der Waals surface area (Å²) in [7, 11) is 0. The van der Waals surface area contributed by atoms with Crippen molar-refractivity contribution in [2.24, 2.45) is 0 Å². The highest BCUT2D eigenvalue weighted by Crippen LogP contribution is 2.33. The molecule has 1 atom stereocenters. The van der Waals surface area contributed by atoms with Crippen molar-refractivity contribution in [3.8, 4) is 0 Å². The summed E-state index contributed by atoms with van der Waals surface area (Å²) >= 11 is 0. The number of benzene rings is 1. The van der Waals surface area contributed by atoms with Gasteiger partial charge < -0.3 is 15.0 Å². The molecule has 1 aliphatic rings.